The first kappa shape index (κ1) is 10.5. The molecule has 0 spiro atoms. The van der Waals surface area contributed by atoms with E-state index >= 15 is 0 Å². The van der Waals surface area contributed by atoms with E-state index in [-0.39, 0.29) is 0 Å². The van der Waals surface area contributed by atoms with E-state index in [2.05, 4.69) is 44.1 Å². The molecule has 1 aliphatic heterocycles. The minimum atomic E-state index is 0.533. The van der Waals surface area contributed by atoms with Crippen LogP contribution in [0.4, 0.5) is 0 Å². The monoisotopic (exact) mass is 207 g/mol. The summed E-state index contributed by atoms with van der Waals surface area (Å²) in [6, 6.07) is 6.84. The third-order valence-corrected chi connectivity index (χ3v) is 2.91. The topological polar surface area (TPSA) is 21.7 Å². The standard InChI is InChI=1S/C12H17NO2/c1-9(13(2)3)6-10-4-5-11-8-14-15-12(11)7-10/h4-5,7,9H,6,8H2,1-3H3. The van der Waals surface area contributed by atoms with Gasteiger partial charge in [0.25, 0.3) is 0 Å². The predicted molar refractivity (Wildman–Crippen MR) is 58.7 cm³/mol. The van der Waals surface area contributed by atoms with E-state index in [0.29, 0.717) is 12.6 Å². The minimum absolute atomic E-state index is 0.533. The summed E-state index contributed by atoms with van der Waals surface area (Å²) >= 11 is 0. The molecule has 0 bridgehead atoms. The molecule has 82 valence electrons. The zero-order chi connectivity index (χ0) is 10.8. The maximum atomic E-state index is 5.07. The van der Waals surface area contributed by atoms with Crippen LogP contribution in [0.2, 0.25) is 0 Å². The van der Waals surface area contributed by atoms with Crippen molar-refractivity contribution in [1.82, 2.24) is 4.90 Å². The molecule has 1 unspecified atom stereocenters. The Bertz CT molecular complexity index is 349. The second-order valence-electron chi connectivity index (χ2n) is 4.30. The van der Waals surface area contributed by atoms with Crippen LogP contribution in [-0.4, -0.2) is 25.0 Å². The van der Waals surface area contributed by atoms with Crippen LogP contribution < -0.4 is 4.89 Å². The summed E-state index contributed by atoms with van der Waals surface area (Å²) in [5.74, 6) is 0.874. The molecular formula is C12H17NO2. The van der Waals surface area contributed by atoms with Gasteiger partial charge in [-0.15, -0.1) is 0 Å². The highest BCUT2D eigenvalue weighted by molar-refractivity contribution is 5.38. The summed E-state index contributed by atoms with van der Waals surface area (Å²) in [6.07, 6.45) is 1.03. The van der Waals surface area contributed by atoms with Gasteiger partial charge in [0.15, 0.2) is 5.75 Å². The van der Waals surface area contributed by atoms with Gasteiger partial charge in [-0.1, -0.05) is 12.1 Å². The molecule has 0 fully saturated rings. The quantitative estimate of drug-likeness (QED) is 0.708. The summed E-state index contributed by atoms with van der Waals surface area (Å²) in [6.45, 7) is 2.78. The number of fused-ring (bicyclic) bond motifs is 1. The Morgan fingerprint density at radius 2 is 2.20 bits per heavy atom. The van der Waals surface area contributed by atoms with Gasteiger partial charge >= 0.3 is 0 Å². The molecule has 1 aromatic carbocycles. The molecule has 1 atom stereocenters. The Kier molecular flexibility index (Phi) is 2.93. The van der Waals surface area contributed by atoms with Crippen LogP contribution in [0, 0.1) is 0 Å². The average Bonchev–Trinajstić information content (AvgIpc) is 2.64. The van der Waals surface area contributed by atoms with Gasteiger partial charge in [0.2, 0.25) is 0 Å². The van der Waals surface area contributed by atoms with Crippen molar-refractivity contribution in [1.29, 1.82) is 0 Å². The molecule has 0 saturated carbocycles. The molecule has 0 amide bonds. The molecule has 2 rings (SSSR count). The van der Waals surface area contributed by atoms with Gasteiger partial charge in [-0.05, 0) is 39.1 Å². The minimum Gasteiger partial charge on any atom is -0.337 e. The third kappa shape index (κ3) is 2.30. The highest BCUT2D eigenvalue weighted by atomic mass is 17.2. The number of nitrogens with zero attached hydrogens (tertiary/aromatic N) is 1. The largest absolute Gasteiger partial charge is 0.337 e. The van der Waals surface area contributed by atoms with E-state index in [1.165, 1.54) is 5.56 Å². The van der Waals surface area contributed by atoms with E-state index < -0.39 is 0 Å². The lowest BCUT2D eigenvalue weighted by Crippen LogP contribution is -2.26. The van der Waals surface area contributed by atoms with E-state index in [9.17, 15) is 0 Å². The molecule has 0 saturated heterocycles. The van der Waals surface area contributed by atoms with E-state index in [0.717, 1.165) is 17.7 Å². The molecule has 1 heterocycles. The van der Waals surface area contributed by atoms with Gasteiger partial charge in [0.1, 0.15) is 6.61 Å². The molecular weight excluding hydrogens is 190 g/mol. The van der Waals surface area contributed by atoms with Crippen LogP contribution in [0.3, 0.4) is 0 Å². The fourth-order valence-corrected chi connectivity index (χ4v) is 1.60. The molecule has 1 aromatic rings. The lowest BCUT2D eigenvalue weighted by atomic mass is 10.0. The van der Waals surface area contributed by atoms with Crippen LogP contribution in [-0.2, 0) is 17.9 Å². The Morgan fingerprint density at radius 1 is 1.40 bits per heavy atom. The van der Waals surface area contributed by atoms with Crippen molar-refractivity contribution in [2.24, 2.45) is 0 Å². The van der Waals surface area contributed by atoms with Crippen molar-refractivity contribution in [3.63, 3.8) is 0 Å². The number of benzene rings is 1. The smallest absolute Gasteiger partial charge is 0.171 e. The Labute approximate surface area is 90.5 Å². The van der Waals surface area contributed by atoms with Crippen LogP contribution in [0.25, 0.3) is 0 Å². The lowest BCUT2D eigenvalue weighted by molar-refractivity contribution is -0.194. The van der Waals surface area contributed by atoms with Gasteiger partial charge in [-0.2, -0.15) is 4.89 Å². The van der Waals surface area contributed by atoms with Gasteiger partial charge in [-0.3, -0.25) is 0 Å². The second-order valence-corrected chi connectivity index (χ2v) is 4.30. The lowest BCUT2D eigenvalue weighted by Gasteiger charge is -2.19. The fraction of sp³-hybridized carbons (Fsp3) is 0.500. The summed E-state index contributed by atoms with van der Waals surface area (Å²) in [5.41, 5.74) is 2.43. The zero-order valence-corrected chi connectivity index (χ0v) is 9.49. The van der Waals surface area contributed by atoms with E-state index in [1.54, 1.807) is 0 Å². The number of rotatable bonds is 3. The highest BCUT2D eigenvalue weighted by Gasteiger charge is 2.15. The van der Waals surface area contributed by atoms with Crippen molar-refractivity contribution in [3.8, 4) is 5.75 Å². The fourth-order valence-electron chi connectivity index (χ4n) is 1.60. The first-order valence-corrected chi connectivity index (χ1v) is 5.24. The molecule has 15 heavy (non-hydrogen) atoms. The van der Waals surface area contributed by atoms with Gasteiger partial charge in [0, 0.05) is 11.6 Å². The van der Waals surface area contributed by atoms with Crippen LogP contribution in [0.1, 0.15) is 18.1 Å². The second kappa shape index (κ2) is 4.21. The predicted octanol–water partition coefficient (Wildman–Crippen LogP) is 2.00. The first-order chi connectivity index (χ1) is 7.16. The van der Waals surface area contributed by atoms with E-state index in [4.69, 9.17) is 9.78 Å². The van der Waals surface area contributed by atoms with Gasteiger partial charge in [-0.25, -0.2) is 0 Å². The Balaban J connectivity index is 2.10. The van der Waals surface area contributed by atoms with Crippen molar-refractivity contribution in [2.75, 3.05) is 14.1 Å². The maximum absolute atomic E-state index is 5.07. The van der Waals surface area contributed by atoms with Crippen LogP contribution in [0.15, 0.2) is 18.2 Å². The Morgan fingerprint density at radius 3 is 2.93 bits per heavy atom. The Hall–Kier alpha value is -1.06. The first-order valence-electron chi connectivity index (χ1n) is 5.24. The number of hydrogen-bond acceptors (Lipinski definition) is 3. The molecule has 0 N–H and O–H groups in total. The third-order valence-electron chi connectivity index (χ3n) is 2.91. The molecule has 3 nitrogen and oxygen atoms in total. The van der Waals surface area contributed by atoms with Crippen molar-refractivity contribution in [3.05, 3.63) is 29.3 Å². The SMILES string of the molecule is CC(Cc1ccc2c(c1)OOC2)N(C)C. The number of hydrogen-bond donors (Lipinski definition) is 0. The van der Waals surface area contributed by atoms with Gasteiger partial charge < -0.3 is 9.79 Å². The molecule has 1 aliphatic rings. The summed E-state index contributed by atoms with van der Waals surface area (Å²) < 4.78 is 0. The van der Waals surface area contributed by atoms with Crippen molar-refractivity contribution in [2.45, 2.75) is 26.0 Å². The summed E-state index contributed by atoms with van der Waals surface area (Å²) in [4.78, 5) is 12.2. The summed E-state index contributed by atoms with van der Waals surface area (Å²) in [5, 5.41) is 0. The molecule has 0 aromatic heterocycles. The number of likely N-dealkylation sites (N-methyl/N-ethyl adjacent to an activating group) is 1. The molecule has 0 aliphatic carbocycles. The molecule has 0 radical (unpaired) electrons. The van der Waals surface area contributed by atoms with Crippen LogP contribution in [0.5, 0.6) is 5.75 Å². The van der Waals surface area contributed by atoms with Gasteiger partial charge in [0.05, 0.1) is 0 Å². The van der Waals surface area contributed by atoms with Crippen molar-refractivity contribution < 1.29 is 9.78 Å². The van der Waals surface area contributed by atoms with Crippen LogP contribution >= 0.6 is 0 Å². The zero-order valence-electron chi connectivity index (χ0n) is 9.49. The maximum Gasteiger partial charge on any atom is 0.171 e. The van der Waals surface area contributed by atoms with Crippen molar-refractivity contribution >= 4 is 0 Å². The normalized spacial score (nSPS) is 16.3. The average molecular weight is 207 g/mol. The molecule has 3 heteroatoms. The highest BCUT2D eigenvalue weighted by Crippen LogP contribution is 2.27. The summed E-state index contributed by atoms with van der Waals surface area (Å²) in [7, 11) is 4.19. The van der Waals surface area contributed by atoms with E-state index in [1.807, 2.05) is 0 Å².